The fourth-order valence-corrected chi connectivity index (χ4v) is 6.71. The number of nitrogens with one attached hydrogen (secondary N) is 3. The molecule has 0 unspecified atom stereocenters. The van der Waals surface area contributed by atoms with Crippen LogP contribution in [0.3, 0.4) is 0 Å². The van der Waals surface area contributed by atoms with Gasteiger partial charge in [-0.25, -0.2) is 18.7 Å². The van der Waals surface area contributed by atoms with Crippen LogP contribution in [-0.2, 0) is 17.9 Å². The summed E-state index contributed by atoms with van der Waals surface area (Å²) in [4.78, 5) is 36.9. The van der Waals surface area contributed by atoms with Gasteiger partial charge in [0.2, 0.25) is 11.9 Å². The van der Waals surface area contributed by atoms with Crippen LogP contribution in [0.4, 0.5) is 39.4 Å². The van der Waals surface area contributed by atoms with Crippen molar-refractivity contribution in [3.05, 3.63) is 39.4 Å². The summed E-state index contributed by atoms with van der Waals surface area (Å²) in [6.07, 6.45) is -3.00. The number of alkyl halides is 5. The van der Waals surface area contributed by atoms with Gasteiger partial charge >= 0.3 is 6.18 Å². The molecule has 3 heterocycles. The number of piperidine rings is 1. The van der Waals surface area contributed by atoms with Crippen LogP contribution in [0.2, 0.25) is 10.0 Å². The topological polar surface area (TPSA) is 104 Å². The number of hydrogen-bond acceptors (Lipinski definition) is 6. The molecule has 0 spiro atoms. The van der Waals surface area contributed by atoms with Gasteiger partial charge in [0.15, 0.2) is 5.65 Å². The Morgan fingerprint density at radius 2 is 1.67 bits per heavy atom. The van der Waals surface area contributed by atoms with Crippen molar-refractivity contribution in [2.24, 2.45) is 11.3 Å². The summed E-state index contributed by atoms with van der Waals surface area (Å²) in [5.41, 5.74) is 0.238. The van der Waals surface area contributed by atoms with Gasteiger partial charge in [0.1, 0.15) is 11.3 Å². The summed E-state index contributed by atoms with van der Waals surface area (Å²) in [5.74, 6) is -2.13. The van der Waals surface area contributed by atoms with Crippen LogP contribution in [-0.4, -0.2) is 58.1 Å². The first-order valence-corrected chi connectivity index (χ1v) is 17.1. The normalized spacial score (nSPS) is 16.8. The number of amides is 2. The highest BCUT2D eigenvalue weighted by Gasteiger charge is 2.42. The molecule has 1 aliphatic heterocycles. The van der Waals surface area contributed by atoms with Crippen LogP contribution in [0.1, 0.15) is 81.6 Å². The molecule has 1 saturated heterocycles. The van der Waals surface area contributed by atoms with Crippen molar-refractivity contribution in [3.8, 4) is 0 Å². The number of nitrogens with zero attached hydrogens (tertiary/aromatic N) is 4. The molecule has 1 aromatic carbocycles. The third-order valence-corrected chi connectivity index (χ3v) is 9.74. The third-order valence-electron chi connectivity index (χ3n) is 8.99. The van der Waals surface area contributed by atoms with Crippen molar-refractivity contribution < 1.29 is 31.5 Å². The Morgan fingerprint density at radius 3 is 2.29 bits per heavy atom. The lowest BCUT2D eigenvalue weighted by Gasteiger charge is -2.34. The van der Waals surface area contributed by atoms with E-state index in [9.17, 15) is 31.5 Å². The zero-order valence-corrected chi connectivity index (χ0v) is 29.0. The number of aromatic nitrogens is 3. The molecule has 0 bridgehead atoms. The maximum Gasteiger partial charge on any atom is 0.391 e. The molecule has 16 heteroatoms. The van der Waals surface area contributed by atoms with Gasteiger partial charge in [0, 0.05) is 31.1 Å². The van der Waals surface area contributed by atoms with E-state index in [0.29, 0.717) is 5.56 Å². The van der Waals surface area contributed by atoms with Gasteiger partial charge in [0.25, 0.3) is 12.3 Å². The van der Waals surface area contributed by atoms with E-state index in [4.69, 9.17) is 23.2 Å². The second-order valence-corrected chi connectivity index (χ2v) is 14.5. The summed E-state index contributed by atoms with van der Waals surface area (Å²) in [7, 11) is 0. The molecule has 0 atom stereocenters. The van der Waals surface area contributed by atoms with Gasteiger partial charge in [-0.2, -0.15) is 13.2 Å². The van der Waals surface area contributed by atoms with Gasteiger partial charge < -0.3 is 20.9 Å². The average Bonchev–Trinajstić information content (AvgIpc) is 3.36. The Morgan fingerprint density at radius 1 is 1.00 bits per heavy atom. The van der Waals surface area contributed by atoms with Crippen LogP contribution >= 0.6 is 23.2 Å². The molecule has 2 aromatic heterocycles. The Balaban J connectivity index is 1.54. The standard InChI is InChI=1S/C33H40Cl2F5N7O2/c1-32(2,3)30(49)41-16-18-9-10-22(34)26(25(18)35)44-31-43-23-15-21(29(48)42-20-7-5-4-6-8-20)27(45-28(23)47(31)17-24(36)37)46-13-11-19(12-14-46)33(38,39)40/h9-10,15,19-20,24H,4-8,11-14,16-17H2,1-3H3,(H,41,49)(H,42,48)(H,43,44). The number of rotatable bonds is 9. The lowest BCUT2D eigenvalue weighted by molar-refractivity contribution is -0.179. The first-order chi connectivity index (χ1) is 23.0. The lowest BCUT2D eigenvalue weighted by atomic mass is 9.95. The van der Waals surface area contributed by atoms with E-state index in [2.05, 4.69) is 25.9 Å². The van der Waals surface area contributed by atoms with Crippen LogP contribution in [0.25, 0.3) is 11.2 Å². The van der Waals surface area contributed by atoms with E-state index >= 15 is 0 Å². The van der Waals surface area contributed by atoms with Crippen LogP contribution in [0, 0.1) is 11.3 Å². The number of pyridine rings is 1. The highest BCUT2D eigenvalue weighted by Crippen LogP contribution is 2.39. The molecule has 9 nitrogen and oxygen atoms in total. The lowest BCUT2D eigenvalue weighted by Crippen LogP contribution is -2.41. The molecule has 2 aliphatic rings. The SMILES string of the molecule is CC(C)(C)C(=O)NCc1ccc(Cl)c(Nc2nc3cc(C(=O)NC4CCCCC4)c(N4CCC(C(F)(F)F)CC4)nc3n2CC(F)F)c1Cl. The summed E-state index contributed by atoms with van der Waals surface area (Å²) in [5, 5.41) is 9.09. The van der Waals surface area contributed by atoms with Crippen molar-refractivity contribution >= 4 is 63.6 Å². The zero-order valence-electron chi connectivity index (χ0n) is 27.5. The minimum atomic E-state index is -4.35. The first-order valence-electron chi connectivity index (χ1n) is 16.4. The number of anilines is 3. The van der Waals surface area contributed by atoms with Crippen molar-refractivity contribution in [1.29, 1.82) is 0 Å². The van der Waals surface area contributed by atoms with Gasteiger partial charge in [-0.15, -0.1) is 0 Å². The molecule has 0 radical (unpaired) electrons. The Labute approximate surface area is 291 Å². The van der Waals surface area contributed by atoms with Crippen LogP contribution in [0.5, 0.6) is 0 Å². The van der Waals surface area contributed by atoms with Crippen molar-refractivity contribution in [1.82, 2.24) is 25.2 Å². The molecule has 2 fully saturated rings. The van der Waals surface area contributed by atoms with Gasteiger partial charge in [-0.3, -0.25) is 14.2 Å². The summed E-state index contributed by atoms with van der Waals surface area (Å²) < 4.78 is 69.7. The Bertz CT molecular complexity index is 1680. The van der Waals surface area contributed by atoms with Gasteiger partial charge in [-0.05, 0) is 43.4 Å². The molecular weight excluding hydrogens is 692 g/mol. The van der Waals surface area contributed by atoms with Gasteiger partial charge in [0.05, 0.1) is 33.8 Å². The number of benzene rings is 1. The minimum absolute atomic E-state index is 0.00537. The number of hydrogen-bond donors (Lipinski definition) is 3. The predicted octanol–water partition coefficient (Wildman–Crippen LogP) is 8.25. The second kappa shape index (κ2) is 14.8. The molecule has 1 aliphatic carbocycles. The van der Waals surface area contributed by atoms with E-state index in [1.807, 2.05) is 0 Å². The smallest absolute Gasteiger partial charge is 0.356 e. The quantitative estimate of drug-likeness (QED) is 0.192. The predicted molar refractivity (Wildman–Crippen MR) is 180 cm³/mol. The Hall–Kier alpha value is -3.39. The second-order valence-electron chi connectivity index (χ2n) is 13.7. The maximum absolute atomic E-state index is 14.0. The maximum atomic E-state index is 14.0. The summed E-state index contributed by atoms with van der Waals surface area (Å²) in [6, 6.07) is 4.55. The Kier molecular flexibility index (Phi) is 11.2. The van der Waals surface area contributed by atoms with Crippen molar-refractivity contribution in [2.45, 2.75) is 97.5 Å². The van der Waals surface area contributed by atoms with Gasteiger partial charge in [-0.1, -0.05) is 69.3 Å². The number of carbonyl (C=O) groups is 2. The number of imidazole rings is 1. The summed E-state index contributed by atoms with van der Waals surface area (Å²) in [6.45, 7) is 4.48. The molecule has 49 heavy (non-hydrogen) atoms. The molecule has 3 N–H and O–H groups in total. The van der Waals surface area contributed by atoms with Crippen LogP contribution in [0.15, 0.2) is 18.2 Å². The van der Waals surface area contributed by atoms with E-state index in [0.717, 1.165) is 36.7 Å². The molecule has 1 saturated carbocycles. The number of carbonyl (C=O) groups excluding carboxylic acids is 2. The molecule has 268 valence electrons. The highest BCUT2D eigenvalue weighted by molar-refractivity contribution is 6.39. The van der Waals surface area contributed by atoms with E-state index < -0.39 is 36.4 Å². The van der Waals surface area contributed by atoms with E-state index in [1.54, 1.807) is 37.8 Å². The fraction of sp³-hybridized carbons (Fsp3) is 0.576. The van der Waals surface area contributed by atoms with Crippen LogP contribution < -0.4 is 20.9 Å². The number of fused-ring (bicyclic) bond motifs is 1. The monoisotopic (exact) mass is 731 g/mol. The zero-order chi connectivity index (χ0) is 35.7. The average molecular weight is 733 g/mol. The molecule has 3 aromatic rings. The number of halogens is 7. The third kappa shape index (κ3) is 8.68. The molecule has 5 rings (SSSR count). The first kappa shape index (κ1) is 36.9. The molecular formula is C33H40Cl2F5N7O2. The highest BCUT2D eigenvalue weighted by atomic mass is 35.5. The molecule has 2 amide bonds. The minimum Gasteiger partial charge on any atom is -0.356 e. The summed E-state index contributed by atoms with van der Waals surface area (Å²) >= 11 is 13.2. The van der Waals surface area contributed by atoms with E-state index in [-0.39, 0.29) is 88.7 Å². The largest absolute Gasteiger partial charge is 0.391 e. The fourth-order valence-electron chi connectivity index (χ4n) is 6.18. The van der Waals surface area contributed by atoms with E-state index in [1.165, 1.54) is 6.07 Å². The van der Waals surface area contributed by atoms with Crippen molar-refractivity contribution in [2.75, 3.05) is 23.3 Å². The van der Waals surface area contributed by atoms with Crippen molar-refractivity contribution in [3.63, 3.8) is 0 Å².